The Morgan fingerprint density at radius 3 is 2.79 bits per heavy atom. The summed E-state index contributed by atoms with van der Waals surface area (Å²) in [6.07, 6.45) is -4.55. The summed E-state index contributed by atoms with van der Waals surface area (Å²) < 4.78 is 38.9. The molecule has 2 heterocycles. The van der Waals surface area contributed by atoms with E-state index in [9.17, 15) is 18.0 Å². The molecule has 7 nitrogen and oxygen atoms in total. The molecule has 0 atom stereocenters. The molecule has 2 aromatic heterocycles. The molecule has 3 N–H and O–H groups in total. The molecule has 0 unspecified atom stereocenters. The van der Waals surface area contributed by atoms with Crippen LogP contribution in [0.3, 0.4) is 0 Å². The van der Waals surface area contributed by atoms with Gasteiger partial charge in [-0.1, -0.05) is 30.0 Å². The largest absolute Gasteiger partial charge is 0.418 e. The predicted octanol–water partition coefficient (Wildman–Crippen LogP) is 4.45. The van der Waals surface area contributed by atoms with Crippen LogP contribution in [0.25, 0.3) is 0 Å². The fourth-order valence-corrected chi connectivity index (χ4v) is 3.47. The van der Waals surface area contributed by atoms with Crippen molar-refractivity contribution in [2.75, 3.05) is 16.5 Å². The highest BCUT2D eigenvalue weighted by Crippen LogP contribution is 2.34. The van der Waals surface area contributed by atoms with Crippen molar-refractivity contribution in [1.29, 1.82) is 0 Å². The second-order valence-corrected chi connectivity index (χ2v) is 7.52. The van der Waals surface area contributed by atoms with E-state index in [0.717, 1.165) is 28.4 Å². The average Bonchev–Trinajstić information content (AvgIpc) is 3.36. The number of rotatable bonds is 7. The number of benzene rings is 1. The molecular weight excluding hydrogens is 425 g/mol. The topological polar surface area (TPSA) is 95.1 Å². The van der Waals surface area contributed by atoms with Crippen molar-refractivity contribution in [2.24, 2.45) is 5.10 Å². The molecule has 3 aromatic rings. The van der Waals surface area contributed by atoms with Crippen molar-refractivity contribution in [3.8, 4) is 0 Å². The Kier molecular flexibility index (Phi) is 6.54. The van der Waals surface area contributed by atoms with Crippen molar-refractivity contribution in [1.82, 2.24) is 15.2 Å². The van der Waals surface area contributed by atoms with Crippen molar-refractivity contribution >= 4 is 46.4 Å². The molecule has 0 fully saturated rings. The standard InChI is InChI=1S/C17H15F3N6OS2/c1-10(13-7-4-8-28-13)23-24-15-22-16(26-25-15)29-9-14(27)21-12-6-3-2-5-11(12)17(18,19)20/h2-8H,9H2,1H3,(H,21,27)(H2,22,24,25,26)/b23-10-. The fraction of sp³-hybridized carbons (Fsp3) is 0.176. The number of hydrazone groups is 1. The van der Waals surface area contributed by atoms with Gasteiger partial charge < -0.3 is 5.32 Å². The number of aromatic nitrogens is 3. The summed E-state index contributed by atoms with van der Waals surface area (Å²) in [5, 5.41) is 15.2. The number of alkyl halides is 3. The third kappa shape index (κ3) is 5.81. The van der Waals surface area contributed by atoms with Crippen LogP contribution in [0.2, 0.25) is 0 Å². The number of halogens is 3. The summed E-state index contributed by atoms with van der Waals surface area (Å²) in [6, 6.07) is 8.65. The number of thiophene rings is 1. The number of carbonyl (C=O) groups excluding carboxylic acids is 1. The fourth-order valence-electron chi connectivity index (χ4n) is 2.19. The first-order chi connectivity index (χ1) is 13.8. The second kappa shape index (κ2) is 9.09. The zero-order valence-electron chi connectivity index (χ0n) is 14.9. The molecule has 0 saturated heterocycles. The van der Waals surface area contributed by atoms with Crippen LogP contribution in [0.4, 0.5) is 24.8 Å². The van der Waals surface area contributed by atoms with Crippen LogP contribution < -0.4 is 10.7 Å². The number of thioether (sulfide) groups is 1. The first-order valence-electron chi connectivity index (χ1n) is 8.18. The quantitative estimate of drug-likeness (QED) is 0.287. The lowest BCUT2D eigenvalue weighted by atomic mass is 10.1. The van der Waals surface area contributed by atoms with E-state index >= 15 is 0 Å². The van der Waals surface area contributed by atoms with E-state index in [1.165, 1.54) is 18.2 Å². The van der Waals surface area contributed by atoms with Crippen LogP contribution in [0.15, 0.2) is 52.0 Å². The van der Waals surface area contributed by atoms with E-state index < -0.39 is 17.6 Å². The minimum Gasteiger partial charge on any atom is -0.325 e. The SMILES string of the molecule is C/C(=N/Nc1nc(SCC(=O)Nc2ccccc2C(F)(F)F)n[nH]1)c1cccs1. The number of nitrogens with zero attached hydrogens (tertiary/aromatic N) is 3. The monoisotopic (exact) mass is 440 g/mol. The lowest BCUT2D eigenvalue weighted by molar-refractivity contribution is -0.137. The van der Waals surface area contributed by atoms with E-state index in [0.29, 0.717) is 0 Å². The van der Waals surface area contributed by atoms with Gasteiger partial charge in [0, 0.05) is 4.88 Å². The van der Waals surface area contributed by atoms with Gasteiger partial charge in [0.25, 0.3) is 0 Å². The molecule has 0 saturated carbocycles. The van der Waals surface area contributed by atoms with Gasteiger partial charge in [0.1, 0.15) is 0 Å². The summed E-state index contributed by atoms with van der Waals surface area (Å²) in [5.41, 5.74) is 2.31. The Bertz CT molecular complexity index is 1000. The number of aromatic amines is 1. The first kappa shape index (κ1) is 20.9. The van der Waals surface area contributed by atoms with Crippen LogP contribution >= 0.6 is 23.1 Å². The van der Waals surface area contributed by atoms with E-state index in [1.807, 2.05) is 24.4 Å². The maximum absolute atomic E-state index is 13.0. The number of carbonyl (C=O) groups is 1. The van der Waals surface area contributed by atoms with Gasteiger partial charge >= 0.3 is 6.18 Å². The molecule has 1 aromatic carbocycles. The van der Waals surface area contributed by atoms with Gasteiger partial charge in [-0.25, -0.2) is 10.5 Å². The lowest BCUT2D eigenvalue weighted by Crippen LogP contribution is -2.18. The maximum Gasteiger partial charge on any atom is 0.418 e. The van der Waals surface area contributed by atoms with Crippen LogP contribution in [-0.2, 0) is 11.0 Å². The summed E-state index contributed by atoms with van der Waals surface area (Å²) in [5.74, 6) is -0.468. The Morgan fingerprint density at radius 1 is 1.28 bits per heavy atom. The third-order valence-electron chi connectivity index (χ3n) is 3.51. The molecule has 0 aliphatic rings. The Balaban J connectivity index is 1.54. The highest BCUT2D eigenvalue weighted by atomic mass is 32.2. The van der Waals surface area contributed by atoms with Crippen molar-refractivity contribution < 1.29 is 18.0 Å². The zero-order valence-corrected chi connectivity index (χ0v) is 16.6. The van der Waals surface area contributed by atoms with Crippen LogP contribution in [0.5, 0.6) is 0 Å². The lowest BCUT2D eigenvalue weighted by Gasteiger charge is -2.13. The number of nitrogens with one attached hydrogen (secondary N) is 3. The van der Waals surface area contributed by atoms with Crippen LogP contribution in [0, 0.1) is 0 Å². The van der Waals surface area contributed by atoms with E-state index in [2.05, 4.69) is 31.0 Å². The molecule has 152 valence electrons. The molecule has 0 bridgehead atoms. The Morgan fingerprint density at radius 2 is 2.07 bits per heavy atom. The minimum atomic E-state index is -4.55. The molecule has 12 heteroatoms. The molecular formula is C17H15F3N6OS2. The average molecular weight is 440 g/mol. The van der Waals surface area contributed by atoms with Crippen LogP contribution in [-0.4, -0.2) is 32.6 Å². The Hall–Kier alpha value is -2.86. The predicted molar refractivity (Wildman–Crippen MR) is 107 cm³/mol. The number of hydrogen-bond acceptors (Lipinski definition) is 7. The minimum absolute atomic E-state index is 0.152. The molecule has 0 aliphatic carbocycles. The number of amides is 1. The van der Waals surface area contributed by atoms with E-state index in [-0.39, 0.29) is 22.5 Å². The van der Waals surface area contributed by atoms with Gasteiger partial charge in [-0.3, -0.25) is 4.79 Å². The molecule has 0 radical (unpaired) electrons. The summed E-state index contributed by atoms with van der Waals surface area (Å²) in [6.45, 7) is 1.84. The normalized spacial score (nSPS) is 12.1. The third-order valence-corrected chi connectivity index (χ3v) is 5.34. The Labute approximate surface area is 171 Å². The number of H-pyrrole nitrogens is 1. The zero-order chi connectivity index (χ0) is 20.9. The molecule has 29 heavy (non-hydrogen) atoms. The van der Waals surface area contributed by atoms with Gasteiger partial charge in [0.2, 0.25) is 17.0 Å². The highest BCUT2D eigenvalue weighted by molar-refractivity contribution is 7.99. The van der Waals surface area contributed by atoms with Gasteiger partial charge in [0.15, 0.2) is 0 Å². The molecule has 3 rings (SSSR count). The van der Waals surface area contributed by atoms with Crippen molar-refractivity contribution in [2.45, 2.75) is 18.3 Å². The van der Waals surface area contributed by atoms with Crippen molar-refractivity contribution in [3.63, 3.8) is 0 Å². The summed E-state index contributed by atoms with van der Waals surface area (Å²) in [4.78, 5) is 17.1. The summed E-state index contributed by atoms with van der Waals surface area (Å²) >= 11 is 2.53. The maximum atomic E-state index is 13.0. The molecule has 1 amide bonds. The number of para-hydroxylation sites is 1. The summed E-state index contributed by atoms with van der Waals surface area (Å²) in [7, 11) is 0. The molecule has 0 spiro atoms. The van der Waals surface area contributed by atoms with E-state index in [4.69, 9.17) is 0 Å². The second-order valence-electron chi connectivity index (χ2n) is 5.63. The van der Waals surface area contributed by atoms with Gasteiger partial charge in [0.05, 0.1) is 22.7 Å². The van der Waals surface area contributed by atoms with E-state index in [1.54, 1.807) is 11.3 Å². The first-order valence-corrected chi connectivity index (χ1v) is 10.0. The van der Waals surface area contributed by atoms with Crippen molar-refractivity contribution in [3.05, 3.63) is 52.2 Å². The smallest absolute Gasteiger partial charge is 0.325 e. The number of hydrogen-bond donors (Lipinski definition) is 3. The van der Waals surface area contributed by atoms with Gasteiger partial charge in [-0.05, 0) is 30.5 Å². The van der Waals surface area contributed by atoms with Gasteiger partial charge in [-0.15, -0.1) is 16.4 Å². The number of anilines is 2. The highest BCUT2D eigenvalue weighted by Gasteiger charge is 2.33. The molecule has 0 aliphatic heterocycles. The van der Waals surface area contributed by atoms with Crippen LogP contribution in [0.1, 0.15) is 17.4 Å². The van der Waals surface area contributed by atoms with Gasteiger partial charge in [-0.2, -0.15) is 23.3 Å².